The Hall–Kier alpha value is -1.86. The molecule has 4 rings (SSSR count). The number of hydrogen-bond acceptors (Lipinski definition) is 1. The van der Waals surface area contributed by atoms with Gasteiger partial charge in [0.2, 0.25) is 0 Å². The van der Waals surface area contributed by atoms with Crippen molar-refractivity contribution in [2.45, 2.75) is 13.8 Å². The van der Waals surface area contributed by atoms with E-state index in [-0.39, 0.29) is 0 Å². The summed E-state index contributed by atoms with van der Waals surface area (Å²) < 4.78 is 2.77. The molecular formula is C18H14S. The van der Waals surface area contributed by atoms with Crippen LogP contribution in [0.5, 0.6) is 0 Å². The molecular weight excluding hydrogens is 248 g/mol. The Labute approximate surface area is 116 Å². The molecule has 0 aliphatic carbocycles. The summed E-state index contributed by atoms with van der Waals surface area (Å²) in [6.07, 6.45) is 0. The largest absolute Gasteiger partial charge is 0.135 e. The van der Waals surface area contributed by atoms with Gasteiger partial charge in [-0.15, -0.1) is 11.3 Å². The third-order valence-corrected chi connectivity index (χ3v) is 5.08. The highest BCUT2D eigenvalue weighted by atomic mass is 32.1. The molecule has 1 heteroatoms. The van der Waals surface area contributed by atoms with E-state index in [1.165, 1.54) is 42.1 Å². The van der Waals surface area contributed by atoms with Crippen molar-refractivity contribution < 1.29 is 0 Å². The molecule has 0 bridgehead atoms. The first-order chi connectivity index (χ1) is 9.24. The van der Waals surface area contributed by atoms with E-state index in [1.807, 2.05) is 11.3 Å². The Morgan fingerprint density at radius 1 is 0.632 bits per heavy atom. The maximum atomic E-state index is 2.37. The van der Waals surface area contributed by atoms with Crippen LogP contribution in [0.4, 0.5) is 0 Å². The number of thiophene rings is 1. The molecule has 19 heavy (non-hydrogen) atoms. The van der Waals surface area contributed by atoms with Gasteiger partial charge < -0.3 is 0 Å². The van der Waals surface area contributed by atoms with Gasteiger partial charge >= 0.3 is 0 Å². The number of benzene rings is 3. The number of hydrogen-bond donors (Lipinski definition) is 0. The summed E-state index contributed by atoms with van der Waals surface area (Å²) in [5.74, 6) is 0. The molecule has 0 nitrogen and oxygen atoms in total. The normalized spacial score (nSPS) is 11.7. The van der Waals surface area contributed by atoms with Crippen molar-refractivity contribution in [2.24, 2.45) is 0 Å². The van der Waals surface area contributed by atoms with Gasteiger partial charge in [0.25, 0.3) is 0 Å². The van der Waals surface area contributed by atoms with Crippen molar-refractivity contribution in [3.8, 4) is 0 Å². The zero-order valence-corrected chi connectivity index (χ0v) is 11.8. The van der Waals surface area contributed by atoms with Gasteiger partial charge in [-0.25, -0.2) is 0 Å². The van der Waals surface area contributed by atoms with E-state index in [9.17, 15) is 0 Å². The van der Waals surface area contributed by atoms with Crippen LogP contribution in [-0.4, -0.2) is 0 Å². The molecule has 4 aromatic rings. The van der Waals surface area contributed by atoms with Gasteiger partial charge in [-0.3, -0.25) is 0 Å². The summed E-state index contributed by atoms with van der Waals surface area (Å²) >= 11 is 1.89. The molecule has 0 unspecified atom stereocenters. The average Bonchev–Trinajstić information content (AvgIpc) is 2.79. The lowest BCUT2D eigenvalue weighted by atomic mass is 9.99. The SMILES string of the molecule is Cc1ccc(C)c2cc3c(cc12)sc1ccccc13. The first-order valence-electron chi connectivity index (χ1n) is 6.55. The minimum Gasteiger partial charge on any atom is -0.135 e. The topological polar surface area (TPSA) is 0 Å². The molecule has 0 radical (unpaired) electrons. The van der Waals surface area contributed by atoms with Crippen molar-refractivity contribution in [1.82, 2.24) is 0 Å². The number of rotatable bonds is 0. The van der Waals surface area contributed by atoms with Crippen LogP contribution in [0.2, 0.25) is 0 Å². The molecule has 1 aromatic heterocycles. The van der Waals surface area contributed by atoms with Crippen LogP contribution in [0, 0.1) is 13.8 Å². The molecule has 0 saturated heterocycles. The standard InChI is InChI=1S/C18H14S/c1-11-7-8-12(2)15-10-18-16(9-14(11)15)13-5-3-4-6-17(13)19-18/h3-10H,1-2H3. The molecule has 92 valence electrons. The highest BCUT2D eigenvalue weighted by molar-refractivity contribution is 7.25. The van der Waals surface area contributed by atoms with Gasteiger partial charge in [0.15, 0.2) is 0 Å². The zero-order chi connectivity index (χ0) is 13.0. The maximum Gasteiger partial charge on any atom is 0.0361 e. The lowest BCUT2D eigenvalue weighted by Crippen LogP contribution is -1.82. The summed E-state index contributed by atoms with van der Waals surface area (Å²) in [5, 5.41) is 5.54. The molecule has 0 fully saturated rings. The lowest BCUT2D eigenvalue weighted by Gasteiger charge is -2.06. The van der Waals surface area contributed by atoms with E-state index in [2.05, 4.69) is 62.4 Å². The fourth-order valence-electron chi connectivity index (χ4n) is 2.85. The average molecular weight is 262 g/mol. The summed E-state index contributed by atoms with van der Waals surface area (Å²) in [6.45, 7) is 4.39. The van der Waals surface area contributed by atoms with E-state index < -0.39 is 0 Å². The van der Waals surface area contributed by atoms with Gasteiger partial charge in [0, 0.05) is 20.2 Å². The molecule has 0 atom stereocenters. The second-order valence-corrected chi connectivity index (χ2v) is 6.28. The van der Waals surface area contributed by atoms with E-state index in [0.717, 1.165) is 0 Å². The van der Waals surface area contributed by atoms with Gasteiger partial charge in [-0.05, 0) is 53.9 Å². The van der Waals surface area contributed by atoms with Crippen molar-refractivity contribution >= 4 is 42.3 Å². The van der Waals surface area contributed by atoms with Crippen LogP contribution in [0.3, 0.4) is 0 Å². The van der Waals surface area contributed by atoms with E-state index >= 15 is 0 Å². The smallest absolute Gasteiger partial charge is 0.0361 e. The fraction of sp³-hybridized carbons (Fsp3) is 0.111. The van der Waals surface area contributed by atoms with Crippen molar-refractivity contribution in [2.75, 3.05) is 0 Å². The second-order valence-electron chi connectivity index (χ2n) is 5.19. The summed E-state index contributed by atoms with van der Waals surface area (Å²) in [4.78, 5) is 0. The second kappa shape index (κ2) is 3.82. The van der Waals surface area contributed by atoms with Gasteiger partial charge in [0.05, 0.1) is 0 Å². The Morgan fingerprint density at radius 3 is 2.11 bits per heavy atom. The quantitative estimate of drug-likeness (QED) is 0.374. The molecule has 3 aromatic carbocycles. The van der Waals surface area contributed by atoms with Gasteiger partial charge in [0.1, 0.15) is 0 Å². The first-order valence-corrected chi connectivity index (χ1v) is 7.37. The Bertz CT molecular complexity index is 929. The number of fused-ring (bicyclic) bond motifs is 4. The minimum absolute atomic E-state index is 1.36. The van der Waals surface area contributed by atoms with Crippen LogP contribution in [-0.2, 0) is 0 Å². The molecule has 0 saturated carbocycles. The molecule has 1 heterocycles. The van der Waals surface area contributed by atoms with Gasteiger partial charge in [-0.1, -0.05) is 30.3 Å². The molecule has 0 aliphatic heterocycles. The Kier molecular flexibility index (Phi) is 2.21. The highest BCUT2D eigenvalue weighted by Gasteiger charge is 2.08. The van der Waals surface area contributed by atoms with Crippen molar-refractivity contribution in [3.05, 3.63) is 59.7 Å². The summed E-state index contributed by atoms with van der Waals surface area (Å²) in [6, 6.07) is 17.9. The van der Waals surface area contributed by atoms with Crippen molar-refractivity contribution in [3.63, 3.8) is 0 Å². The summed E-state index contributed by atoms with van der Waals surface area (Å²) in [7, 11) is 0. The van der Waals surface area contributed by atoms with Gasteiger partial charge in [-0.2, -0.15) is 0 Å². The first kappa shape index (κ1) is 11.0. The van der Waals surface area contributed by atoms with E-state index in [1.54, 1.807) is 0 Å². The van der Waals surface area contributed by atoms with Crippen LogP contribution in [0.25, 0.3) is 30.9 Å². The molecule has 0 spiro atoms. The third kappa shape index (κ3) is 1.52. The van der Waals surface area contributed by atoms with E-state index in [4.69, 9.17) is 0 Å². The van der Waals surface area contributed by atoms with Crippen molar-refractivity contribution in [1.29, 1.82) is 0 Å². The summed E-state index contributed by atoms with van der Waals surface area (Å²) in [5.41, 5.74) is 2.72. The van der Waals surface area contributed by atoms with Crippen LogP contribution >= 0.6 is 11.3 Å². The Morgan fingerprint density at radius 2 is 1.32 bits per heavy atom. The minimum atomic E-state index is 1.36. The monoisotopic (exact) mass is 262 g/mol. The maximum absolute atomic E-state index is 2.37. The molecule has 0 N–H and O–H groups in total. The highest BCUT2D eigenvalue weighted by Crippen LogP contribution is 2.37. The Balaban J connectivity index is 2.28. The molecule has 0 amide bonds. The fourth-order valence-corrected chi connectivity index (χ4v) is 3.98. The number of aryl methyl sites for hydroxylation is 2. The predicted octanol–water partition coefficient (Wildman–Crippen LogP) is 5.82. The predicted molar refractivity (Wildman–Crippen MR) is 86.3 cm³/mol. The zero-order valence-electron chi connectivity index (χ0n) is 11.0. The van der Waals surface area contributed by atoms with E-state index in [0.29, 0.717) is 0 Å². The lowest BCUT2D eigenvalue weighted by molar-refractivity contribution is 1.47. The van der Waals surface area contributed by atoms with Crippen LogP contribution < -0.4 is 0 Å². The third-order valence-electron chi connectivity index (χ3n) is 3.95. The molecule has 0 aliphatic rings. The van der Waals surface area contributed by atoms with Crippen LogP contribution in [0.1, 0.15) is 11.1 Å². The van der Waals surface area contributed by atoms with Crippen LogP contribution in [0.15, 0.2) is 48.5 Å².